The fourth-order valence-electron chi connectivity index (χ4n) is 2.44. The lowest BCUT2D eigenvalue weighted by molar-refractivity contribution is 0.778. The maximum atomic E-state index is 4.70. The number of nitrogens with zero attached hydrogens (tertiary/aromatic N) is 2. The van der Waals surface area contributed by atoms with Crippen LogP contribution in [-0.4, -0.2) is 9.97 Å². The molecule has 0 bridgehead atoms. The van der Waals surface area contributed by atoms with Crippen LogP contribution in [0.4, 0.5) is 0 Å². The van der Waals surface area contributed by atoms with Crippen LogP contribution in [-0.2, 0) is 0 Å². The van der Waals surface area contributed by atoms with Gasteiger partial charge in [-0.15, -0.1) is 0 Å². The highest BCUT2D eigenvalue weighted by Crippen LogP contribution is 2.53. The van der Waals surface area contributed by atoms with Crippen LogP contribution in [0.2, 0.25) is 0 Å². The molecule has 0 radical (unpaired) electrons. The Hall–Kier alpha value is -1.70. The van der Waals surface area contributed by atoms with E-state index >= 15 is 0 Å². The molecule has 1 aliphatic rings. The molecule has 0 amide bonds. The molecule has 1 fully saturated rings. The maximum Gasteiger partial charge on any atom is 0.132 e. The van der Waals surface area contributed by atoms with Crippen LogP contribution in [0.1, 0.15) is 55.1 Å². The predicted molar refractivity (Wildman–Crippen MR) is 72.7 cm³/mol. The molecule has 2 atom stereocenters. The van der Waals surface area contributed by atoms with Crippen molar-refractivity contribution in [1.29, 1.82) is 0 Å². The van der Waals surface area contributed by atoms with E-state index in [1.807, 2.05) is 12.3 Å². The molecule has 2 heteroatoms. The summed E-state index contributed by atoms with van der Waals surface area (Å²) in [5, 5.41) is 0. The Morgan fingerprint density at radius 1 is 1.06 bits per heavy atom. The Bertz CT molecular complexity index is 534. The molecule has 0 spiro atoms. The maximum absolute atomic E-state index is 4.70. The predicted octanol–water partition coefficient (Wildman–Crippen LogP) is 3.87. The minimum absolute atomic E-state index is 0.473. The van der Waals surface area contributed by atoms with Crippen molar-refractivity contribution in [3.63, 3.8) is 0 Å². The minimum atomic E-state index is 0.473. The van der Waals surface area contributed by atoms with Crippen molar-refractivity contribution < 1.29 is 0 Å². The first-order valence-electron chi connectivity index (χ1n) is 6.63. The number of hydrogen-bond donors (Lipinski definition) is 0. The highest BCUT2D eigenvalue weighted by atomic mass is 14.9. The summed E-state index contributed by atoms with van der Waals surface area (Å²) in [7, 11) is 0. The van der Waals surface area contributed by atoms with Gasteiger partial charge in [-0.1, -0.05) is 44.2 Å². The second kappa shape index (κ2) is 4.52. The van der Waals surface area contributed by atoms with Crippen LogP contribution in [0, 0.1) is 0 Å². The molecule has 1 aromatic heterocycles. The molecule has 1 aliphatic carbocycles. The third-order valence-corrected chi connectivity index (χ3v) is 3.64. The van der Waals surface area contributed by atoms with Crippen LogP contribution in [0.15, 0.2) is 42.6 Å². The van der Waals surface area contributed by atoms with Gasteiger partial charge in [-0.25, -0.2) is 9.97 Å². The fourth-order valence-corrected chi connectivity index (χ4v) is 2.44. The van der Waals surface area contributed by atoms with Gasteiger partial charge in [0.05, 0.1) is 0 Å². The topological polar surface area (TPSA) is 25.8 Å². The molecule has 2 nitrogen and oxygen atoms in total. The second-order valence-electron chi connectivity index (χ2n) is 5.35. The largest absolute Gasteiger partial charge is 0.241 e. The number of rotatable bonds is 3. The van der Waals surface area contributed by atoms with Crippen molar-refractivity contribution in [1.82, 2.24) is 9.97 Å². The van der Waals surface area contributed by atoms with Crippen molar-refractivity contribution >= 4 is 0 Å². The van der Waals surface area contributed by atoms with Crippen LogP contribution < -0.4 is 0 Å². The number of aromatic nitrogens is 2. The van der Waals surface area contributed by atoms with Crippen molar-refractivity contribution in [2.75, 3.05) is 0 Å². The van der Waals surface area contributed by atoms with Crippen LogP contribution in [0.25, 0.3) is 0 Å². The minimum Gasteiger partial charge on any atom is -0.241 e. The van der Waals surface area contributed by atoms with Gasteiger partial charge in [0.1, 0.15) is 5.82 Å². The average Bonchev–Trinajstić information content (AvgIpc) is 3.20. The molecular weight excluding hydrogens is 220 g/mol. The number of hydrogen-bond acceptors (Lipinski definition) is 2. The molecule has 3 rings (SSSR count). The monoisotopic (exact) mass is 238 g/mol. The fraction of sp³-hybridized carbons (Fsp3) is 0.375. The third kappa shape index (κ3) is 2.15. The van der Waals surface area contributed by atoms with Gasteiger partial charge in [0.2, 0.25) is 0 Å². The van der Waals surface area contributed by atoms with Gasteiger partial charge in [-0.3, -0.25) is 0 Å². The van der Waals surface area contributed by atoms with E-state index in [2.05, 4.69) is 49.2 Å². The zero-order valence-electron chi connectivity index (χ0n) is 10.9. The van der Waals surface area contributed by atoms with Gasteiger partial charge in [0.25, 0.3) is 0 Å². The van der Waals surface area contributed by atoms with Crippen LogP contribution in [0.5, 0.6) is 0 Å². The quantitative estimate of drug-likeness (QED) is 0.811. The Balaban J connectivity index is 1.80. The third-order valence-electron chi connectivity index (χ3n) is 3.64. The molecule has 2 unspecified atom stereocenters. The Kier molecular flexibility index (Phi) is 2.86. The summed E-state index contributed by atoms with van der Waals surface area (Å²) in [4.78, 5) is 9.15. The molecular formula is C16H18N2. The van der Waals surface area contributed by atoms with Gasteiger partial charge in [-0.05, 0) is 29.9 Å². The Morgan fingerprint density at radius 3 is 2.56 bits per heavy atom. The molecule has 18 heavy (non-hydrogen) atoms. The molecule has 1 aromatic carbocycles. The smallest absolute Gasteiger partial charge is 0.132 e. The molecule has 0 saturated heterocycles. The summed E-state index contributed by atoms with van der Waals surface area (Å²) >= 11 is 0. The van der Waals surface area contributed by atoms with Gasteiger partial charge >= 0.3 is 0 Å². The highest BCUT2D eigenvalue weighted by Gasteiger charge is 2.41. The van der Waals surface area contributed by atoms with E-state index in [4.69, 9.17) is 4.98 Å². The first kappa shape index (κ1) is 11.4. The normalized spacial score (nSPS) is 22.2. The summed E-state index contributed by atoms with van der Waals surface area (Å²) in [6.45, 7) is 4.35. The summed E-state index contributed by atoms with van der Waals surface area (Å²) < 4.78 is 0. The SMILES string of the molecule is CC(C)c1ccnc(C2CC2c2ccccc2)n1. The lowest BCUT2D eigenvalue weighted by atomic mass is 10.1. The number of benzene rings is 1. The molecule has 0 aliphatic heterocycles. The molecule has 1 saturated carbocycles. The summed E-state index contributed by atoms with van der Waals surface area (Å²) in [6.07, 6.45) is 3.09. The molecule has 92 valence electrons. The second-order valence-corrected chi connectivity index (χ2v) is 5.35. The van der Waals surface area contributed by atoms with Gasteiger partial charge in [-0.2, -0.15) is 0 Å². The zero-order valence-corrected chi connectivity index (χ0v) is 10.9. The van der Waals surface area contributed by atoms with Gasteiger partial charge in [0.15, 0.2) is 0 Å². The van der Waals surface area contributed by atoms with E-state index < -0.39 is 0 Å². The average molecular weight is 238 g/mol. The van der Waals surface area contributed by atoms with Gasteiger partial charge < -0.3 is 0 Å². The van der Waals surface area contributed by atoms with Crippen molar-refractivity contribution in [2.45, 2.75) is 38.0 Å². The lowest BCUT2D eigenvalue weighted by Gasteiger charge is -2.06. The lowest BCUT2D eigenvalue weighted by Crippen LogP contribution is -1.99. The van der Waals surface area contributed by atoms with Crippen molar-refractivity contribution in [3.05, 3.63) is 59.7 Å². The van der Waals surface area contributed by atoms with E-state index in [-0.39, 0.29) is 0 Å². The molecule has 2 aromatic rings. The van der Waals surface area contributed by atoms with E-state index in [9.17, 15) is 0 Å². The summed E-state index contributed by atoms with van der Waals surface area (Å²) in [6, 6.07) is 12.7. The van der Waals surface area contributed by atoms with E-state index in [0.29, 0.717) is 17.8 Å². The van der Waals surface area contributed by atoms with E-state index in [1.54, 1.807) is 0 Å². The highest BCUT2D eigenvalue weighted by molar-refractivity contribution is 5.31. The summed E-state index contributed by atoms with van der Waals surface area (Å²) in [5.74, 6) is 2.63. The van der Waals surface area contributed by atoms with E-state index in [1.165, 1.54) is 12.0 Å². The zero-order chi connectivity index (χ0) is 12.5. The Labute approximate surface area is 108 Å². The van der Waals surface area contributed by atoms with Crippen LogP contribution in [0.3, 0.4) is 0 Å². The van der Waals surface area contributed by atoms with Crippen LogP contribution >= 0.6 is 0 Å². The summed E-state index contributed by atoms with van der Waals surface area (Å²) in [5.41, 5.74) is 2.57. The Morgan fingerprint density at radius 2 is 1.83 bits per heavy atom. The van der Waals surface area contributed by atoms with Crippen molar-refractivity contribution in [2.24, 2.45) is 0 Å². The van der Waals surface area contributed by atoms with Gasteiger partial charge in [0, 0.05) is 17.8 Å². The molecule has 1 heterocycles. The first-order valence-corrected chi connectivity index (χ1v) is 6.63. The van der Waals surface area contributed by atoms with Crippen molar-refractivity contribution in [3.8, 4) is 0 Å². The van der Waals surface area contributed by atoms with E-state index in [0.717, 1.165) is 11.5 Å². The first-order chi connectivity index (χ1) is 8.75. The molecule has 0 N–H and O–H groups in total. The standard InChI is InChI=1S/C16H18N2/c1-11(2)15-8-9-17-16(18-15)14-10-13(14)12-6-4-3-5-7-12/h3-9,11,13-14H,10H2,1-2H3.